The normalized spacial score (nSPS) is 11.2. The van der Waals surface area contributed by atoms with Crippen molar-refractivity contribution in [3.05, 3.63) is 28.8 Å². The van der Waals surface area contributed by atoms with Crippen LogP contribution in [0.15, 0.2) is 18.2 Å². The number of ketones is 1. The van der Waals surface area contributed by atoms with Crippen molar-refractivity contribution in [2.24, 2.45) is 0 Å². The van der Waals surface area contributed by atoms with Crippen LogP contribution in [0.25, 0.3) is 0 Å². The fraction of sp³-hybridized carbons (Fsp3) is 0.562. The second kappa shape index (κ2) is 9.03. The van der Waals surface area contributed by atoms with Gasteiger partial charge in [-0.2, -0.15) is 0 Å². The van der Waals surface area contributed by atoms with Gasteiger partial charge in [0.05, 0.1) is 25.3 Å². The maximum absolute atomic E-state index is 12.4. The minimum atomic E-state index is -0.0000898. The lowest BCUT2D eigenvalue weighted by atomic mass is 10.1. The number of hydrogen-bond acceptors (Lipinski definition) is 4. The summed E-state index contributed by atoms with van der Waals surface area (Å²) in [6.07, 6.45) is 1.90. The van der Waals surface area contributed by atoms with Gasteiger partial charge in [0.1, 0.15) is 5.75 Å². The molecule has 21 heavy (non-hydrogen) atoms. The minimum absolute atomic E-state index is 0.0000898. The Labute approximate surface area is 131 Å². The third-order valence-electron chi connectivity index (χ3n) is 3.67. The molecule has 0 amide bonds. The van der Waals surface area contributed by atoms with E-state index < -0.39 is 0 Å². The molecule has 5 heteroatoms. The van der Waals surface area contributed by atoms with Gasteiger partial charge in [-0.05, 0) is 31.0 Å². The van der Waals surface area contributed by atoms with Gasteiger partial charge in [-0.1, -0.05) is 25.4 Å². The minimum Gasteiger partial charge on any atom is -0.495 e. The molecule has 0 atom stereocenters. The first-order valence-electron chi connectivity index (χ1n) is 7.28. The van der Waals surface area contributed by atoms with E-state index in [-0.39, 0.29) is 18.9 Å². The fourth-order valence-electron chi connectivity index (χ4n) is 2.44. The first-order chi connectivity index (χ1) is 10.1. The number of carbonyl (C=O) groups excluding carboxylic acids is 1. The quantitative estimate of drug-likeness (QED) is 0.712. The largest absolute Gasteiger partial charge is 0.495 e. The van der Waals surface area contributed by atoms with Crippen LogP contribution < -0.4 is 4.74 Å². The van der Waals surface area contributed by atoms with Crippen molar-refractivity contribution < 1.29 is 14.6 Å². The van der Waals surface area contributed by atoms with E-state index in [4.69, 9.17) is 16.3 Å². The van der Waals surface area contributed by atoms with Crippen molar-refractivity contribution in [1.82, 2.24) is 4.90 Å². The van der Waals surface area contributed by atoms with Gasteiger partial charge >= 0.3 is 0 Å². The number of hydrogen-bond donors (Lipinski definition) is 1. The molecule has 0 spiro atoms. The van der Waals surface area contributed by atoms with Gasteiger partial charge in [-0.15, -0.1) is 0 Å². The van der Waals surface area contributed by atoms with Gasteiger partial charge in [0.2, 0.25) is 0 Å². The smallest absolute Gasteiger partial charge is 0.176 e. The predicted molar refractivity (Wildman–Crippen MR) is 85.4 cm³/mol. The van der Waals surface area contributed by atoms with E-state index in [2.05, 4.69) is 13.8 Å². The molecule has 0 aliphatic heterocycles. The zero-order valence-electron chi connectivity index (χ0n) is 12.9. The van der Waals surface area contributed by atoms with E-state index in [0.29, 0.717) is 28.9 Å². The highest BCUT2D eigenvalue weighted by Crippen LogP contribution is 2.25. The standard InChI is InChI=1S/C16H24ClNO3/c1-4-13(5-2)18(8-9-19)11-15(20)12-6-7-16(21-3)14(17)10-12/h6-7,10,13,19H,4-5,8-9,11H2,1-3H3. The molecule has 1 aromatic rings. The van der Waals surface area contributed by atoms with E-state index in [0.717, 1.165) is 12.8 Å². The number of benzene rings is 1. The third-order valence-corrected chi connectivity index (χ3v) is 3.96. The molecule has 0 radical (unpaired) electrons. The zero-order chi connectivity index (χ0) is 15.8. The highest BCUT2D eigenvalue weighted by atomic mass is 35.5. The Bertz CT molecular complexity index is 461. The Morgan fingerprint density at radius 2 is 2.05 bits per heavy atom. The highest BCUT2D eigenvalue weighted by molar-refractivity contribution is 6.32. The van der Waals surface area contributed by atoms with Gasteiger partial charge in [-0.25, -0.2) is 0 Å². The van der Waals surface area contributed by atoms with Gasteiger partial charge in [0.25, 0.3) is 0 Å². The summed E-state index contributed by atoms with van der Waals surface area (Å²) in [6.45, 7) is 5.02. The monoisotopic (exact) mass is 313 g/mol. The van der Waals surface area contributed by atoms with E-state index in [1.807, 2.05) is 4.90 Å². The van der Waals surface area contributed by atoms with E-state index >= 15 is 0 Å². The van der Waals surface area contributed by atoms with E-state index in [9.17, 15) is 9.90 Å². The second-order valence-corrected chi connectivity index (χ2v) is 5.34. The summed E-state index contributed by atoms with van der Waals surface area (Å²) < 4.78 is 5.09. The summed E-state index contributed by atoms with van der Waals surface area (Å²) in [5.74, 6) is 0.556. The molecule has 4 nitrogen and oxygen atoms in total. The molecule has 0 heterocycles. The Balaban J connectivity index is 2.83. The maximum Gasteiger partial charge on any atom is 0.176 e. The molecule has 0 aromatic heterocycles. The first kappa shape index (κ1) is 18.0. The number of nitrogens with zero attached hydrogens (tertiary/aromatic N) is 1. The molecule has 0 fully saturated rings. The molecular weight excluding hydrogens is 290 g/mol. The molecule has 1 rings (SSSR count). The lowest BCUT2D eigenvalue weighted by molar-refractivity contribution is 0.0850. The SMILES string of the molecule is CCC(CC)N(CCO)CC(=O)c1ccc(OC)c(Cl)c1. The molecular formula is C16H24ClNO3. The lowest BCUT2D eigenvalue weighted by Gasteiger charge is -2.29. The number of carbonyl (C=O) groups is 1. The van der Waals surface area contributed by atoms with Gasteiger partial charge < -0.3 is 9.84 Å². The highest BCUT2D eigenvalue weighted by Gasteiger charge is 2.19. The average Bonchev–Trinajstić information content (AvgIpc) is 2.48. The topological polar surface area (TPSA) is 49.8 Å². The number of halogens is 1. The number of Topliss-reactive ketones (excluding diaryl/α,β-unsaturated/α-hetero) is 1. The molecule has 0 unspecified atom stereocenters. The second-order valence-electron chi connectivity index (χ2n) is 4.94. The molecule has 118 valence electrons. The number of aliphatic hydroxyl groups excluding tert-OH is 1. The van der Waals surface area contributed by atoms with Crippen molar-refractivity contribution >= 4 is 17.4 Å². The zero-order valence-corrected chi connectivity index (χ0v) is 13.7. The number of ether oxygens (including phenoxy) is 1. The van der Waals surface area contributed by atoms with E-state index in [1.54, 1.807) is 25.3 Å². The number of rotatable bonds is 9. The van der Waals surface area contributed by atoms with Crippen molar-refractivity contribution in [2.45, 2.75) is 32.7 Å². The van der Waals surface area contributed by atoms with Crippen molar-refractivity contribution in [1.29, 1.82) is 0 Å². The van der Waals surface area contributed by atoms with Crippen molar-refractivity contribution in [3.63, 3.8) is 0 Å². The van der Waals surface area contributed by atoms with Gasteiger partial charge in [0.15, 0.2) is 5.78 Å². The maximum atomic E-state index is 12.4. The molecule has 0 aliphatic carbocycles. The summed E-state index contributed by atoms with van der Waals surface area (Å²) in [4.78, 5) is 14.4. The number of methoxy groups -OCH3 is 1. The molecule has 0 bridgehead atoms. The van der Waals surface area contributed by atoms with Crippen LogP contribution in [0, 0.1) is 0 Å². The Morgan fingerprint density at radius 1 is 1.38 bits per heavy atom. The summed E-state index contributed by atoms with van der Waals surface area (Å²) in [7, 11) is 1.54. The third kappa shape index (κ3) is 4.99. The Kier molecular flexibility index (Phi) is 7.72. The van der Waals surface area contributed by atoms with Crippen LogP contribution in [0.2, 0.25) is 5.02 Å². The van der Waals surface area contributed by atoms with Crippen LogP contribution in [0.3, 0.4) is 0 Å². The van der Waals surface area contributed by atoms with Crippen LogP contribution in [0.1, 0.15) is 37.0 Å². The Hall–Kier alpha value is -1.10. The number of aliphatic hydroxyl groups is 1. The summed E-state index contributed by atoms with van der Waals surface area (Å²) in [5, 5.41) is 9.61. The lowest BCUT2D eigenvalue weighted by Crippen LogP contribution is -2.40. The fourth-order valence-corrected chi connectivity index (χ4v) is 2.70. The summed E-state index contributed by atoms with van der Waals surface area (Å²) in [6, 6.07) is 5.35. The molecule has 1 N–H and O–H groups in total. The van der Waals surface area contributed by atoms with Crippen LogP contribution in [-0.2, 0) is 0 Å². The summed E-state index contributed by atoms with van der Waals surface area (Å²) in [5.41, 5.74) is 0.565. The molecule has 1 aromatic carbocycles. The van der Waals surface area contributed by atoms with Crippen molar-refractivity contribution in [2.75, 3.05) is 26.8 Å². The van der Waals surface area contributed by atoms with Crippen LogP contribution in [0.4, 0.5) is 0 Å². The molecule has 0 saturated heterocycles. The van der Waals surface area contributed by atoms with Crippen molar-refractivity contribution in [3.8, 4) is 5.75 Å². The Morgan fingerprint density at radius 3 is 2.52 bits per heavy atom. The van der Waals surface area contributed by atoms with E-state index in [1.165, 1.54) is 0 Å². The predicted octanol–water partition coefficient (Wildman–Crippen LogP) is 3.01. The van der Waals surface area contributed by atoms with Gasteiger partial charge in [0, 0.05) is 18.2 Å². The van der Waals surface area contributed by atoms with Gasteiger partial charge in [-0.3, -0.25) is 9.69 Å². The van der Waals surface area contributed by atoms with Crippen LogP contribution in [-0.4, -0.2) is 48.6 Å². The van der Waals surface area contributed by atoms with Crippen LogP contribution >= 0.6 is 11.6 Å². The molecule has 0 aliphatic rings. The van der Waals surface area contributed by atoms with Crippen LogP contribution in [0.5, 0.6) is 5.75 Å². The first-order valence-corrected chi connectivity index (χ1v) is 7.66. The molecule has 0 saturated carbocycles. The average molecular weight is 314 g/mol. The summed E-state index contributed by atoms with van der Waals surface area (Å²) >= 11 is 6.06.